The first-order chi connectivity index (χ1) is 12.9. The van der Waals surface area contributed by atoms with Crippen LogP contribution in [0.5, 0.6) is 0 Å². The van der Waals surface area contributed by atoms with Crippen molar-refractivity contribution in [1.29, 1.82) is 0 Å². The fourth-order valence-corrected chi connectivity index (χ4v) is 3.22. The molecule has 27 heavy (non-hydrogen) atoms. The predicted octanol–water partition coefficient (Wildman–Crippen LogP) is 4.14. The Morgan fingerprint density at radius 2 is 1.89 bits per heavy atom. The number of hydrogen-bond donors (Lipinski definition) is 0. The van der Waals surface area contributed by atoms with E-state index in [9.17, 15) is 9.59 Å². The molecular weight excluding hydrogens is 385 g/mol. The molecule has 0 aliphatic carbocycles. The van der Waals surface area contributed by atoms with Gasteiger partial charge in [-0.05, 0) is 43.7 Å². The van der Waals surface area contributed by atoms with Gasteiger partial charge in [-0.1, -0.05) is 41.4 Å². The number of halogens is 2. The lowest BCUT2D eigenvalue weighted by Crippen LogP contribution is -2.40. The molecule has 2 aromatic carbocycles. The Morgan fingerprint density at radius 3 is 2.59 bits per heavy atom. The highest BCUT2D eigenvalue weighted by Crippen LogP contribution is 2.23. The fraction of sp³-hybridized carbons (Fsp3) is 0.250. The molecule has 5 nitrogen and oxygen atoms in total. The zero-order valence-electron chi connectivity index (χ0n) is 15.0. The topological polar surface area (TPSA) is 55.2 Å². The molecule has 0 radical (unpaired) electrons. The third kappa shape index (κ3) is 4.31. The number of carbonyl (C=O) groups excluding carboxylic acids is 1. The number of carbonyl (C=O) groups is 1. The van der Waals surface area contributed by atoms with Crippen LogP contribution in [0.15, 0.2) is 53.5 Å². The van der Waals surface area contributed by atoms with E-state index in [0.29, 0.717) is 27.6 Å². The lowest BCUT2D eigenvalue weighted by Gasteiger charge is -2.27. The van der Waals surface area contributed by atoms with Gasteiger partial charge in [-0.15, -0.1) is 0 Å². The highest BCUT2D eigenvalue weighted by atomic mass is 35.5. The minimum absolute atomic E-state index is 0.0456. The van der Waals surface area contributed by atoms with Crippen LogP contribution in [0, 0.1) is 0 Å². The fourth-order valence-electron chi connectivity index (χ4n) is 2.90. The number of fused-ring (bicyclic) bond motifs is 1. The Hall–Kier alpha value is -2.37. The zero-order valence-corrected chi connectivity index (χ0v) is 16.5. The second kappa shape index (κ2) is 8.11. The molecule has 0 fully saturated rings. The molecule has 1 aromatic heterocycles. The summed E-state index contributed by atoms with van der Waals surface area (Å²) in [5.74, 6) is -0.158. The minimum Gasteiger partial charge on any atom is -0.334 e. The average Bonchev–Trinajstić information content (AvgIpc) is 2.64. The normalized spacial score (nSPS) is 11.1. The maximum atomic E-state index is 13.0. The van der Waals surface area contributed by atoms with E-state index in [1.165, 1.54) is 10.8 Å². The smallest absolute Gasteiger partial charge is 0.269 e. The number of nitrogens with zero attached hydrogens (tertiary/aromatic N) is 3. The Labute approximate surface area is 167 Å². The maximum absolute atomic E-state index is 13.0. The number of hydrogen-bond acceptors (Lipinski definition) is 3. The summed E-state index contributed by atoms with van der Waals surface area (Å²) in [5.41, 5.74) is 1.88. The van der Waals surface area contributed by atoms with Gasteiger partial charge in [0.05, 0.1) is 27.3 Å². The molecule has 0 saturated carbocycles. The number of para-hydroxylation sites is 2. The van der Waals surface area contributed by atoms with Gasteiger partial charge in [0.1, 0.15) is 6.54 Å². The number of benzene rings is 2. The van der Waals surface area contributed by atoms with Gasteiger partial charge < -0.3 is 4.90 Å². The van der Waals surface area contributed by atoms with Crippen molar-refractivity contribution in [1.82, 2.24) is 14.5 Å². The van der Waals surface area contributed by atoms with Gasteiger partial charge in [0, 0.05) is 12.6 Å². The van der Waals surface area contributed by atoms with Gasteiger partial charge in [0.25, 0.3) is 5.56 Å². The standard InChI is InChI=1S/C20H19Cl2N3O2/c1-13(2)24(11-14-7-8-15(21)16(22)9-14)20(27)12-25-18-6-4-3-5-17(18)23-10-19(25)26/h3-10,13H,11-12H2,1-2H3. The van der Waals surface area contributed by atoms with E-state index < -0.39 is 0 Å². The van der Waals surface area contributed by atoms with Gasteiger partial charge >= 0.3 is 0 Å². The van der Waals surface area contributed by atoms with Gasteiger partial charge in [-0.25, -0.2) is 4.98 Å². The summed E-state index contributed by atoms with van der Waals surface area (Å²) in [7, 11) is 0. The molecule has 0 aliphatic heterocycles. The molecule has 0 spiro atoms. The van der Waals surface area contributed by atoms with Crippen molar-refractivity contribution in [2.75, 3.05) is 0 Å². The van der Waals surface area contributed by atoms with E-state index in [2.05, 4.69) is 4.98 Å². The first kappa shape index (κ1) is 19.4. The second-order valence-electron chi connectivity index (χ2n) is 6.54. The Morgan fingerprint density at radius 1 is 1.15 bits per heavy atom. The van der Waals surface area contributed by atoms with Crippen molar-refractivity contribution < 1.29 is 4.79 Å². The molecule has 1 heterocycles. The van der Waals surface area contributed by atoms with E-state index in [4.69, 9.17) is 23.2 Å². The van der Waals surface area contributed by atoms with E-state index >= 15 is 0 Å². The summed E-state index contributed by atoms with van der Waals surface area (Å²) in [6.45, 7) is 4.19. The molecule has 7 heteroatoms. The molecule has 0 unspecified atom stereocenters. The third-order valence-electron chi connectivity index (χ3n) is 4.33. The maximum Gasteiger partial charge on any atom is 0.269 e. The van der Waals surface area contributed by atoms with Crippen LogP contribution < -0.4 is 5.56 Å². The largest absolute Gasteiger partial charge is 0.334 e. The van der Waals surface area contributed by atoms with Crippen molar-refractivity contribution in [3.05, 3.63) is 74.6 Å². The Bertz CT molecular complexity index is 1050. The summed E-state index contributed by atoms with van der Waals surface area (Å²) in [6, 6.07) is 12.5. The Balaban J connectivity index is 1.89. The van der Waals surface area contributed by atoms with Gasteiger partial charge in [-0.2, -0.15) is 0 Å². The average molecular weight is 404 g/mol. The summed E-state index contributed by atoms with van der Waals surface area (Å²) in [6.07, 6.45) is 1.24. The molecule has 0 aliphatic rings. The molecular formula is C20H19Cl2N3O2. The quantitative estimate of drug-likeness (QED) is 0.642. The van der Waals surface area contributed by atoms with Crippen molar-refractivity contribution in [2.45, 2.75) is 33.0 Å². The highest BCUT2D eigenvalue weighted by Gasteiger charge is 2.19. The lowest BCUT2D eigenvalue weighted by atomic mass is 10.2. The molecule has 0 bridgehead atoms. The first-order valence-electron chi connectivity index (χ1n) is 8.55. The highest BCUT2D eigenvalue weighted by molar-refractivity contribution is 6.42. The van der Waals surface area contributed by atoms with Gasteiger partial charge in [-0.3, -0.25) is 14.2 Å². The van der Waals surface area contributed by atoms with Crippen LogP contribution in [0.3, 0.4) is 0 Å². The molecule has 3 aromatic rings. The number of amides is 1. The molecule has 1 amide bonds. The van der Waals surface area contributed by atoms with Crippen LogP contribution in [0.1, 0.15) is 19.4 Å². The summed E-state index contributed by atoms with van der Waals surface area (Å²) in [4.78, 5) is 31.1. The third-order valence-corrected chi connectivity index (χ3v) is 5.07. The van der Waals surface area contributed by atoms with Crippen LogP contribution in [0.25, 0.3) is 11.0 Å². The zero-order chi connectivity index (χ0) is 19.6. The van der Waals surface area contributed by atoms with Crippen LogP contribution in [-0.4, -0.2) is 26.4 Å². The van der Waals surface area contributed by atoms with Crippen molar-refractivity contribution >= 4 is 40.1 Å². The second-order valence-corrected chi connectivity index (χ2v) is 7.35. The van der Waals surface area contributed by atoms with E-state index in [-0.39, 0.29) is 24.1 Å². The van der Waals surface area contributed by atoms with E-state index in [1.54, 1.807) is 23.1 Å². The predicted molar refractivity (Wildman–Crippen MR) is 108 cm³/mol. The SMILES string of the molecule is CC(C)N(Cc1ccc(Cl)c(Cl)c1)C(=O)Cn1c(=O)cnc2ccccc21. The van der Waals surface area contributed by atoms with Crippen LogP contribution >= 0.6 is 23.2 Å². The summed E-state index contributed by atoms with van der Waals surface area (Å²) >= 11 is 12.1. The van der Waals surface area contributed by atoms with Gasteiger partial charge in [0.15, 0.2) is 0 Å². The van der Waals surface area contributed by atoms with Gasteiger partial charge in [0.2, 0.25) is 5.91 Å². The number of rotatable bonds is 5. The Kier molecular flexibility index (Phi) is 5.82. The molecule has 0 saturated heterocycles. The lowest BCUT2D eigenvalue weighted by molar-refractivity contribution is -0.134. The van der Waals surface area contributed by atoms with E-state index in [0.717, 1.165) is 5.56 Å². The summed E-state index contributed by atoms with van der Waals surface area (Å²) in [5, 5.41) is 0.916. The molecule has 0 atom stereocenters. The first-order valence-corrected chi connectivity index (χ1v) is 9.30. The van der Waals surface area contributed by atoms with Crippen LogP contribution in [0.4, 0.5) is 0 Å². The van der Waals surface area contributed by atoms with Crippen LogP contribution in [0.2, 0.25) is 10.0 Å². The van der Waals surface area contributed by atoms with E-state index in [1.807, 2.05) is 38.1 Å². The summed E-state index contributed by atoms with van der Waals surface area (Å²) < 4.78 is 1.45. The molecule has 3 rings (SSSR count). The minimum atomic E-state index is -0.305. The van der Waals surface area contributed by atoms with Crippen molar-refractivity contribution in [3.8, 4) is 0 Å². The van der Waals surface area contributed by atoms with Crippen molar-refractivity contribution in [3.63, 3.8) is 0 Å². The number of aromatic nitrogens is 2. The van der Waals surface area contributed by atoms with Crippen molar-refractivity contribution in [2.24, 2.45) is 0 Å². The monoisotopic (exact) mass is 403 g/mol. The molecule has 140 valence electrons. The van der Waals surface area contributed by atoms with Crippen LogP contribution in [-0.2, 0) is 17.9 Å². The molecule has 0 N–H and O–H groups in total.